The standard InChI is InChI=1S/C21H19F3N6O2S.C21H19F3N6OS.CH4/c1-2-32-18-17-16(27-20(28-18)29-9-5-25-6-10-29)15-13(21(22,23)24)11-14(26-19(15)33-17)12-3-7-30(31)8-4-12;1-2-31-18-17-16(28-20(29-18)30-9-7-26-8-10-30)15-13(21(22,23)24)11-14(27-19(15)32-17)12-3-5-25-6-4-12;/h3-4,7-8,11,25H,2,5-6,9-10H2,1H3;3-6,11,26H,2,7-10H2,1H3;1H4. The molecule has 0 atom stereocenters. The number of pyridine rings is 4. The van der Waals surface area contributed by atoms with E-state index in [0.29, 0.717) is 76.5 Å². The number of nitrogens with one attached hydrogen (secondary N) is 2. The summed E-state index contributed by atoms with van der Waals surface area (Å²) in [4.78, 5) is 35.5. The van der Waals surface area contributed by atoms with Crippen LogP contribution in [0.4, 0.5) is 38.2 Å². The smallest absolute Gasteiger partial charge is 0.417 e. The summed E-state index contributed by atoms with van der Waals surface area (Å²) in [6.07, 6.45) is -3.72. The van der Waals surface area contributed by atoms with E-state index in [9.17, 15) is 31.5 Å². The Morgan fingerprint density at radius 2 is 1.05 bits per heavy atom. The van der Waals surface area contributed by atoms with Gasteiger partial charge in [-0.25, -0.2) is 19.9 Å². The van der Waals surface area contributed by atoms with E-state index in [-0.39, 0.29) is 62.0 Å². The van der Waals surface area contributed by atoms with Crippen molar-refractivity contribution in [1.29, 1.82) is 0 Å². The minimum atomic E-state index is -4.64. The van der Waals surface area contributed by atoms with Gasteiger partial charge in [-0.05, 0) is 38.1 Å². The van der Waals surface area contributed by atoms with E-state index >= 15 is 0 Å². The predicted molar refractivity (Wildman–Crippen MR) is 242 cm³/mol. The Labute approximate surface area is 381 Å². The van der Waals surface area contributed by atoms with Gasteiger partial charge in [0.1, 0.15) is 30.1 Å². The average molecular weight is 953 g/mol. The summed E-state index contributed by atoms with van der Waals surface area (Å²) in [6, 6.07) is 8.22. The molecule has 346 valence electrons. The normalized spacial score (nSPS) is 14.7. The second kappa shape index (κ2) is 18.9. The third-order valence-corrected chi connectivity index (χ3v) is 12.7. The van der Waals surface area contributed by atoms with Gasteiger partial charge in [0.25, 0.3) is 0 Å². The molecule has 0 bridgehead atoms. The molecule has 66 heavy (non-hydrogen) atoms. The number of nitrogens with zero attached hydrogens (tertiary/aromatic N) is 10. The van der Waals surface area contributed by atoms with Gasteiger partial charge < -0.3 is 35.1 Å². The number of alkyl halides is 6. The predicted octanol–water partition coefficient (Wildman–Crippen LogP) is 8.13. The van der Waals surface area contributed by atoms with Crippen LogP contribution in [0, 0.1) is 5.21 Å². The molecule has 10 rings (SSSR count). The van der Waals surface area contributed by atoms with Gasteiger partial charge in [0.2, 0.25) is 23.7 Å². The lowest BCUT2D eigenvalue weighted by Gasteiger charge is -2.27. The van der Waals surface area contributed by atoms with Crippen molar-refractivity contribution < 1.29 is 40.5 Å². The molecule has 0 radical (unpaired) electrons. The monoisotopic (exact) mass is 952 g/mol. The summed E-state index contributed by atoms with van der Waals surface area (Å²) < 4.78 is 98.1. The Morgan fingerprint density at radius 3 is 1.44 bits per heavy atom. The number of rotatable bonds is 8. The van der Waals surface area contributed by atoms with E-state index in [2.05, 4.69) is 45.5 Å². The van der Waals surface area contributed by atoms with E-state index in [1.807, 2.05) is 16.7 Å². The summed E-state index contributed by atoms with van der Waals surface area (Å²) in [5, 5.41) is 17.7. The molecular weight excluding hydrogens is 911 g/mol. The lowest BCUT2D eigenvalue weighted by molar-refractivity contribution is -0.605. The fourth-order valence-corrected chi connectivity index (χ4v) is 9.70. The van der Waals surface area contributed by atoms with Crippen molar-refractivity contribution >= 4 is 75.4 Å². The number of aromatic nitrogens is 8. The van der Waals surface area contributed by atoms with E-state index in [0.717, 1.165) is 61.0 Å². The number of fused-ring (bicyclic) bond motifs is 6. The van der Waals surface area contributed by atoms with Crippen LogP contribution in [0.1, 0.15) is 32.4 Å². The lowest BCUT2D eigenvalue weighted by Crippen LogP contribution is -2.44. The molecule has 0 aliphatic carbocycles. The highest BCUT2D eigenvalue weighted by molar-refractivity contribution is 7.26. The molecule has 0 saturated carbocycles. The van der Waals surface area contributed by atoms with Gasteiger partial charge in [-0.15, -0.1) is 22.7 Å². The Morgan fingerprint density at radius 1 is 0.636 bits per heavy atom. The number of halogens is 6. The molecule has 2 saturated heterocycles. The van der Waals surface area contributed by atoms with E-state index in [4.69, 9.17) is 9.47 Å². The second-order valence-corrected chi connectivity index (χ2v) is 16.7. The van der Waals surface area contributed by atoms with Gasteiger partial charge in [-0.2, -0.15) is 41.0 Å². The Bertz CT molecular complexity index is 3000. The van der Waals surface area contributed by atoms with Crippen LogP contribution < -0.4 is 34.6 Å². The number of hydrogen-bond acceptors (Lipinski definition) is 16. The maximum absolute atomic E-state index is 14.2. The summed E-state index contributed by atoms with van der Waals surface area (Å²) in [7, 11) is 0. The zero-order valence-corrected chi connectivity index (χ0v) is 36.3. The van der Waals surface area contributed by atoms with Crippen molar-refractivity contribution in [3.63, 3.8) is 0 Å². The zero-order chi connectivity index (χ0) is 45.5. The van der Waals surface area contributed by atoms with Crippen molar-refractivity contribution in [2.75, 3.05) is 75.4 Å². The van der Waals surface area contributed by atoms with E-state index in [1.165, 1.54) is 36.9 Å². The molecule has 15 nitrogen and oxygen atoms in total. The molecule has 10 heterocycles. The van der Waals surface area contributed by atoms with Gasteiger partial charge in [0.15, 0.2) is 12.4 Å². The molecule has 2 aliphatic rings. The first-order valence-electron chi connectivity index (χ1n) is 20.5. The molecular formula is C43H42F6N12O3S2. The third kappa shape index (κ3) is 9.24. The van der Waals surface area contributed by atoms with Crippen LogP contribution in [0.15, 0.2) is 61.2 Å². The summed E-state index contributed by atoms with van der Waals surface area (Å²) >= 11 is 2.18. The quantitative estimate of drug-likeness (QED) is 0.0852. The number of ether oxygens (including phenoxy) is 2. The van der Waals surface area contributed by atoms with Gasteiger partial charge in [0, 0.05) is 88.0 Å². The van der Waals surface area contributed by atoms with Crippen LogP contribution in [0.25, 0.3) is 63.4 Å². The first-order chi connectivity index (χ1) is 31.3. The van der Waals surface area contributed by atoms with Gasteiger partial charge in [-0.3, -0.25) is 4.98 Å². The van der Waals surface area contributed by atoms with Gasteiger partial charge >= 0.3 is 12.4 Å². The number of anilines is 2. The second-order valence-electron chi connectivity index (χ2n) is 14.7. The molecule has 23 heteroatoms. The Hall–Kier alpha value is -6.30. The number of piperazine rings is 2. The van der Waals surface area contributed by atoms with Crippen LogP contribution >= 0.6 is 22.7 Å². The molecule has 0 amide bonds. The minimum Gasteiger partial charge on any atom is -0.619 e. The summed E-state index contributed by atoms with van der Waals surface area (Å²) in [5.41, 5.74) is 0.110. The summed E-state index contributed by atoms with van der Waals surface area (Å²) in [5.74, 6) is 1.24. The van der Waals surface area contributed by atoms with Crippen LogP contribution in [-0.2, 0) is 12.4 Å². The number of hydrogen-bond donors (Lipinski definition) is 2. The van der Waals surface area contributed by atoms with Crippen LogP contribution in [-0.4, -0.2) is 100 Å². The largest absolute Gasteiger partial charge is 0.619 e. The van der Waals surface area contributed by atoms with Crippen molar-refractivity contribution in [3.8, 4) is 34.3 Å². The molecule has 0 aromatic carbocycles. The Kier molecular flexibility index (Phi) is 13.2. The van der Waals surface area contributed by atoms with Crippen LogP contribution in [0.5, 0.6) is 11.8 Å². The lowest BCUT2D eigenvalue weighted by atomic mass is 10.1. The zero-order valence-electron chi connectivity index (χ0n) is 34.6. The topological polar surface area (TPSA) is 166 Å². The highest BCUT2D eigenvalue weighted by atomic mass is 32.1. The average Bonchev–Trinajstić information content (AvgIpc) is 3.88. The Balaban J connectivity index is 0.000000177. The summed E-state index contributed by atoms with van der Waals surface area (Å²) in [6.45, 7) is 9.82. The minimum absolute atomic E-state index is 0. The molecule has 8 aromatic heterocycles. The maximum atomic E-state index is 14.2. The molecule has 8 aromatic rings. The van der Waals surface area contributed by atoms with Crippen molar-refractivity contribution in [3.05, 3.63) is 77.5 Å². The molecule has 2 N–H and O–H groups in total. The SMILES string of the molecule is C.CCOc1nc(N2CCNCC2)nc2c1sc1nc(-c3cc[n+]([O-])cc3)cc(C(F)(F)F)c12.CCOc1nc(N2CCNCC2)nc2c1sc1nc(-c3ccncc3)cc(C(F)(F)F)c12. The van der Waals surface area contributed by atoms with Crippen molar-refractivity contribution in [2.45, 2.75) is 33.6 Å². The van der Waals surface area contributed by atoms with Gasteiger partial charge in [0.05, 0.1) is 46.5 Å². The van der Waals surface area contributed by atoms with Crippen LogP contribution in [0.3, 0.4) is 0 Å². The fraction of sp³-hybridized carbons (Fsp3) is 0.349. The molecule has 2 aliphatic heterocycles. The van der Waals surface area contributed by atoms with Crippen molar-refractivity contribution in [2.24, 2.45) is 0 Å². The maximum Gasteiger partial charge on any atom is 0.417 e. The highest BCUT2D eigenvalue weighted by Gasteiger charge is 2.38. The first kappa shape index (κ1) is 46.2. The molecule has 0 unspecified atom stereocenters. The molecule has 0 spiro atoms. The van der Waals surface area contributed by atoms with E-state index in [1.54, 1.807) is 19.1 Å². The first-order valence-corrected chi connectivity index (χ1v) is 22.2. The van der Waals surface area contributed by atoms with Crippen LogP contribution in [0.2, 0.25) is 0 Å². The number of thiophene rings is 2. The van der Waals surface area contributed by atoms with Crippen molar-refractivity contribution in [1.82, 2.24) is 45.5 Å². The fourth-order valence-electron chi connectivity index (χ4n) is 7.53. The molecule has 2 fully saturated rings. The van der Waals surface area contributed by atoms with Gasteiger partial charge in [-0.1, -0.05) is 7.43 Å². The third-order valence-electron chi connectivity index (χ3n) is 10.5. The highest BCUT2D eigenvalue weighted by Crippen LogP contribution is 2.47. The van der Waals surface area contributed by atoms with E-state index < -0.39 is 23.5 Å².